The van der Waals surface area contributed by atoms with Gasteiger partial charge in [-0.3, -0.25) is 9.59 Å². The number of unbranched alkanes of at least 4 members (excludes halogenated alkanes) is 1. The zero-order valence-electron chi connectivity index (χ0n) is 18.1. The van der Waals surface area contributed by atoms with Gasteiger partial charge in [0.05, 0.1) is 32.3 Å². The Bertz CT molecular complexity index is 824. The molecule has 1 aliphatic heterocycles. The van der Waals surface area contributed by atoms with Crippen molar-refractivity contribution < 1.29 is 23.5 Å². The van der Waals surface area contributed by atoms with Gasteiger partial charge in [-0.2, -0.15) is 0 Å². The maximum absolute atomic E-state index is 12.7. The fraction of sp³-hybridized carbons (Fsp3) is 0.565. The molecule has 0 aliphatic carbocycles. The average Bonchev–Trinajstić information content (AvgIpc) is 3.24. The fourth-order valence-electron chi connectivity index (χ4n) is 3.66. The second-order valence-electron chi connectivity index (χ2n) is 7.61. The van der Waals surface area contributed by atoms with Crippen molar-refractivity contribution in [2.75, 3.05) is 26.4 Å². The number of ether oxygens (including phenoxy) is 2. The highest BCUT2D eigenvalue weighted by molar-refractivity contribution is 5.78. The van der Waals surface area contributed by atoms with E-state index in [1.54, 1.807) is 11.8 Å². The minimum absolute atomic E-state index is 0.0415. The lowest BCUT2D eigenvalue weighted by Crippen LogP contribution is -2.49. The van der Waals surface area contributed by atoms with Crippen LogP contribution in [-0.2, 0) is 38.3 Å². The van der Waals surface area contributed by atoms with Crippen molar-refractivity contribution in [3.63, 3.8) is 0 Å². The third-order valence-corrected chi connectivity index (χ3v) is 5.27. The van der Waals surface area contributed by atoms with Crippen molar-refractivity contribution in [2.24, 2.45) is 0 Å². The number of carbonyl (C=O) groups is 2. The predicted octanol–water partition coefficient (Wildman–Crippen LogP) is 2.75. The van der Waals surface area contributed by atoms with Gasteiger partial charge in [0.2, 0.25) is 17.7 Å². The molecule has 1 aromatic carbocycles. The molecule has 1 amide bonds. The van der Waals surface area contributed by atoms with E-state index in [1.807, 2.05) is 6.07 Å². The molecule has 0 spiro atoms. The van der Waals surface area contributed by atoms with Crippen molar-refractivity contribution in [2.45, 2.75) is 57.9 Å². The third-order valence-electron chi connectivity index (χ3n) is 5.27. The van der Waals surface area contributed by atoms with E-state index >= 15 is 0 Å². The summed E-state index contributed by atoms with van der Waals surface area (Å²) in [5, 5.41) is 8.18. The summed E-state index contributed by atoms with van der Waals surface area (Å²) in [6.45, 7) is 3.38. The number of nitrogens with zero attached hydrogens (tertiary/aromatic N) is 3. The molecular formula is C23H31N3O5. The number of benzene rings is 1. The Balaban J connectivity index is 1.40. The van der Waals surface area contributed by atoms with E-state index in [1.165, 1.54) is 5.56 Å². The molecule has 0 radical (unpaired) electrons. The van der Waals surface area contributed by atoms with Gasteiger partial charge in [-0.05, 0) is 31.7 Å². The first-order chi connectivity index (χ1) is 15.2. The van der Waals surface area contributed by atoms with Gasteiger partial charge < -0.3 is 18.8 Å². The summed E-state index contributed by atoms with van der Waals surface area (Å²) in [7, 11) is 0. The topological polar surface area (TPSA) is 94.8 Å². The summed E-state index contributed by atoms with van der Waals surface area (Å²) in [4.78, 5) is 26.2. The first kappa shape index (κ1) is 22.9. The molecule has 2 heterocycles. The summed E-state index contributed by atoms with van der Waals surface area (Å²) in [6, 6.07) is 10.1. The first-order valence-corrected chi connectivity index (χ1v) is 11.0. The van der Waals surface area contributed by atoms with Crippen molar-refractivity contribution in [3.05, 3.63) is 47.7 Å². The molecule has 1 fully saturated rings. The van der Waals surface area contributed by atoms with Gasteiger partial charge in [-0.25, -0.2) is 0 Å². The molecular weight excluding hydrogens is 398 g/mol. The zero-order chi connectivity index (χ0) is 21.9. The van der Waals surface area contributed by atoms with Gasteiger partial charge in [0.1, 0.15) is 0 Å². The highest BCUT2D eigenvalue weighted by Crippen LogP contribution is 2.15. The Morgan fingerprint density at radius 3 is 2.61 bits per heavy atom. The van der Waals surface area contributed by atoms with Gasteiger partial charge in [-0.15, -0.1) is 10.2 Å². The number of morpholine rings is 1. The SMILES string of the molecule is CCOC(=O)C[C@@H]1COCCN1C(=O)CCc1nnc(CCCCc2ccccc2)o1. The number of aryl methyl sites for hydroxylation is 3. The molecule has 2 aromatic rings. The van der Waals surface area contributed by atoms with Crippen LogP contribution < -0.4 is 0 Å². The fourth-order valence-corrected chi connectivity index (χ4v) is 3.66. The largest absolute Gasteiger partial charge is 0.466 e. The minimum atomic E-state index is -0.315. The number of hydrogen-bond donors (Lipinski definition) is 0. The second kappa shape index (κ2) is 12.2. The van der Waals surface area contributed by atoms with Crippen LogP contribution in [0, 0.1) is 0 Å². The summed E-state index contributed by atoms with van der Waals surface area (Å²) in [6.07, 6.45) is 4.58. The number of esters is 1. The molecule has 168 valence electrons. The number of carbonyl (C=O) groups excluding carboxylic acids is 2. The molecule has 0 N–H and O–H groups in total. The van der Waals surface area contributed by atoms with E-state index in [0.29, 0.717) is 44.6 Å². The van der Waals surface area contributed by atoms with Crippen molar-refractivity contribution in [1.29, 1.82) is 0 Å². The highest BCUT2D eigenvalue weighted by atomic mass is 16.5. The molecule has 0 bridgehead atoms. The molecule has 1 aliphatic rings. The molecule has 1 atom stereocenters. The van der Waals surface area contributed by atoms with Crippen LogP contribution in [0.2, 0.25) is 0 Å². The lowest BCUT2D eigenvalue weighted by atomic mass is 10.1. The molecule has 31 heavy (non-hydrogen) atoms. The average molecular weight is 430 g/mol. The molecule has 0 saturated carbocycles. The minimum Gasteiger partial charge on any atom is -0.466 e. The standard InChI is InChI=1S/C23H31N3O5/c1-2-30-23(28)16-19-17-29-15-14-26(19)22(27)13-12-21-25-24-20(31-21)11-7-6-10-18-8-4-3-5-9-18/h3-5,8-9,19H,2,6-7,10-17H2,1H3/t19-/m1/s1. The maximum atomic E-state index is 12.7. The van der Waals surface area contributed by atoms with Crippen molar-refractivity contribution in [1.82, 2.24) is 15.1 Å². The Morgan fingerprint density at radius 1 is 1.10 bits per heavy atom. The summed E-state index contributed by atoms with van der Waals surface area (Å²) in [5.74, 6) is 0.730. The van der Waals surface area contributed by atoms with Crippen LogP contribution in [0.5, 0.6) is 0 Å². The van der Waals surface area contributed by atoms with E-state index in [-0.39, 0.29) is 30.8 Å². The summed E-state index contributed by atoms with van der Waals surface area (Å²) < 4.78 is 16.1. The van der Waals surface area contributed by atoms with Crippen LogP contribution >= 0.6 is 0 Å². The Hall–Kier alpha value is -2.74. The van der Waals surface area contributed by atoms with Crippen LogP contribution in [0.3, 0.4) is 0 Å². The normalized spacial score (nSPS) is 16.3. The Kier molecular flexibility index (Phi) is 9.02. The number of hydrogen-bond acceptors (Lipinski definition) is 7. The van der Waals surface area contributed by atoms with Gasteiger partial charge in [0.25, 0.3) is 0 Å². The van der Waals surface area contributed by atoms with Gasteiger partial charge in [-0.1, -0.05) is 30.3 Å². The smallest absolute Gasteiger partial charge is 0.307 e. The van der Waals surface area contributed by atoms with E-state index in [2.05, 4.69) is 34.5 Å². The first-order valence-electron chi connectivity index (χ1n) is 11.0. The lowest BCUT2D eigenvalue weighted by Gasteiger charge is -2.35. The summed E-state index contributed by atoms with van der Waals surface area (Å²) >= 11 is 0. The number of aromatic nitrogens is 2. The van der Waals surface area contributed by atoms with Crippen molar-refractivity contribution >= 4 is 11.9 Å². The van der Waals surface area contributed by atoms with E-state index in [9.17, 15) is 9.59 Å². The highest BCUT2D eigenvalue weighted by Gasteiger charge is 2.29. The third kappa shape index (κ3) is 7.47. The van der Waals surface area contributed by atoms with Crippen LogP contribution in [0.15, 0.2) is 34.7 Å². The van der Waals surface area contributed by atoms with Gasteiger partial charge in [0.15, 0.2) is 0 Å². The second-order valence-corrected chi connectivity index (χ2v) is 7.61. The molecule has 3 rings (SSSR count). The van der Waals surface area contributed by atoms with Crippen LogP contribution in [-0.4, -0.2) is 59.4 Å². The van der Waals surface area contributed by atoms with Crippen molar-refractivity contribution in [3.8, 4) is 0 Å². The Morgan fingerprint density at radius 2 is 1.84 bits per heavy atom. The maximum Gasteiger partial charge on any atom is 0.307 e. The monoisotopic (exact) mass is 429 g/mol. The van der Waals surface area contributed by atoms with E-state index in [4.69, 9.17) is 13.9 Å². The van der Waals surface area contributed by atoms with Gasteiger partial charge in [0, 0.05) is 25.8 Å². The zero-order valence-corrected chi connectivity index (χ0v) is 18.1. The summed E-state index contributed by atoms with van der Waals surface area (Å²) in [5.41, 5.74) is 1.33. The van der Waals surface area contributed by atoms with E-state index < -0.39 is 0 Å². The number of amides is 1. The van der Waals surface area contributed by atoms with Crippen LogP contribution in [0.4, 0.5) is 0 Å². The van der Waals surface area contributed by atoms with Crippen LogP contribution in [0.25, 0.3) is 0 Å². The molecule has 0 unspecified atom stereocenters. The lowest BCUT2D eigenvalue weighted by molar-refractivity contribution is -0.150. The number of rotatable bonds is 11. The van der Waals surface area contributed by atoms with E-state index in [0.717, 1.165) is 25.7 Å². The van der Waals surface area contributed by atoms with Gasteiger partial charge >= 0.3 is 5.97 Å². The predicted molar refractivity (Wildman–Crippen MR) is 113 cm³/mol. The molecule has 1 aromatic heterocycles. The molecule has 8 nitrogen and oxygen atoms in total. The van der Waals surface area contributed by atoms with Crippen LogP contribution in [0.1, 0.15) is 50.0 Å². The molecule has 1 saturated heterocycles. The quantitative estimate of drug-likeness (QED) is 0.400. The molecule has 8 heteroatoms. The Labute approximate surface area is 182 Å².